The highest BCUT2D eigenvalue weighted by atomic mass is 35.5. The molecule has 0 aliphatic heterocycles. The Kier molecular flexibility index (Phi) is 3.96. The molecular formula is C11H10Cl2N2O2S2. The number of sulfonamides is 1. The van der Waals surface area contributed by atoms with Crippen molar-refractivity contribution >= 4 is 55.9 Å². The zero-order valence-electron chi connectivity index (χ0n) is 9.78. The number of hydrogen-bond acceptors (Lipinski definition) is 4. The first kappa shape index (κ1) is 14.5. The summed E-state index contributed by atoms with van der Waals surface area (Å²) in [5.41, 5.74) is 7.02. The van der Waals surface area contributed by atoms with Crippen LogP contribution in [-0.2, 0) is 10.0 Å². The number of benzene rings is 1. The summed E-state index contributed by atoms with van der Waals surface area (Å²) >= 11 is 12.7. The van der Waals surface area contributed by atoms with E-state index in [9.17, 15) is 8.42 Å². The number of nitrogens with two attached hydrogens (primary N) is 1. The number of aryl methyl sites for hydroxylation is 1. The minimum atomic E-state index is -3.66. The van der Waals surface area contributed by atoms with Gasteiger partial charge in [0, 0.05) is 0 Å². The van der Waals surface area contributed by atoms with E-state index in [1.54, 1.807) is 13.0 Å². The lowest BCUT2D eigenvalue weighted by molar-refractivity contribution is 0.603. The molecule has 1 heterocycles. The number of rotatable bonds is 3. The van der Waals surface area contributed by atoms with Crippen LogP contribution in [0.4, 0.5) is 11.4 Å². The zero-order valence-corrected chi connectivity index (χ0v) is 12.9. The molecule has 0 bridgehead atoms. The lowest BCUT2D eigenvalue weighted by Crippen LogP contribution is -2.11. The van der Waals surface area contributed by atoms with Crippen molar-refractivity contribution in [2.45, 2.75) is 11.1 Å². The fourth-order valence-corrected chi connectivity index (χ4v) is 4.30. The molecule has 0 saturated heterocycles. The van der Waals surface area contributed by atoms with Gasteiger partial charge in [-0.25, -0.2) is 8.42 Å². The molecule has 0 aliphatic rings. The Morgan fingerprint density at radius 3 is 2.47 bits per heavy atom. The standard InChI is InChI=1S/C11H10Cl2N2O2S2/c1-6-4-10(18-11(6)13)19(16,17)15-7-2-3-9(14)8(12)5-7/h2-5,15H,14H2,1H3. The summed E-state index contributed by atoms with van der Waals surface area (Å²) in [7, 11) is -3.66. The highest BCUT2D eigenvalue weighted by Gasteiger charge is 2.18. The molecule has 0 unspecified atom stereocenters. The Morgan fingerprint density at radius 2 is 1.95 bits per heavy atom. The SMILES string of the molecule is Cc1cc(S(=O)(=O)Nc2ccc(N)c(Cl)c2)sc1Cl. The van der Waals surface area contributed by atoms with Crippen molar-refractivity contribution in [1.82, 2.24) is 0 Å². The lowest BCUT2D eigenvalue weighted by Gasteiger charge is -2.07. The van der Waals surface area contributed by atoms with Crippen LogP contribution in [0.15, 0.2) is 28.5 Å². The fourth-order valence-electron chi connectivity index (χ4n) is 1.36. The molecule has 8 heteroatoms. The van der Waals surface area contributed by atoms with Gasteiger partial charge >= 0.3 is 0 Å². The first-order valence-corrected chi connectivity index (χ1v) is 8.19. The van der Waals surface area contributed by atoms with E-state index in [4.69, 9.17) is 28.9 Å². The van der Waals surface area contributed by atoms with Gasteiger partial charge in [-0.15, -0.1) is 11.3 Å². The summed E-state index contributed by atoms with van der Waals surface area (Å²) < 4.78 is 27.3. The van der Waals surface area contributed by atoms with Crippen LogP contribution in [0.25, 0.3) is 0 Å². The van der Waals surface area contributed by atoms with Crippen LogP contribution in [-0.4, -0.2) is 8.42 Å². The molecule has 1 aromatic carbocycles. The predicted molar refractivity (Wildman–Crippen MR) is 80.7 cm³/mol. The van der Waals surface area contributed by atoms with E-state index in [0.29, 0.717) is 20.7 Å². The van der Waals surface area contributed by atoms with Gasteiger partial charge in [-0.2, -0.15) is 0 Å². The van der Waals surface area contributed by atoms with Gasteiger partial charge in [-0.1, -0.05) is 23.2 Å². The highest BCUT2D eigenvalue weighted by molar-refractivity contribution is 7.94. The van der Waals surface area contributed by atoms with E-state index in [2.05, 4.69) is 4.72 Å². The van der Waals surface area contributed by atoms with Gasteiger partial charge in [0.1, 0.15) is 4.21 Å². The second-order valence-electron chi connectivity index (χ2n) is 3.86. The van der Waals surface area contributed by atoms with E-state index in [1.807, 2.05) is 0 Å². The topological polar surface area (TPSA) is 72.2 Å². The normalized spacial score (nSPS) is 11.5. The largest absolute Gasteiger partial charge is 0.398 e. The summed E-state index contributed by atoms with van der Waals surface area (Å²) in [5.74, 6) is 0. The summed E-state index contributed by atoms with van der Waals surface area (Å²) in [6.07, 6.45) is 0. The minimum absolute atomic E-state index is 0.156. The van der Waals surface area contributed by atoms with Crippen molar-refractivity contribution in [3.63, 3.8) is 0 Å². The number of hydrogen-bond donors (Lipinski definition) is 2. The lowest BCUT2D eigenvalue weighted by atomic mass is 10.3. The molecule has 0 saturated carbocycles. The van der Waals surface area contributed by atoms with Gasteiger partial charge in [0.15, 0.2) is 0 Å². The summed E-state index contributed by atoms with van der Waals surface area (Å²) in [6.45, 7) is 1.75. The predicted octanol–water partition coefficient (Wildman–Crippen LogP) is 3.75. The smallest absolute Gasteiger partial charge is 0.271 e. The molecule has 0 amide bonds. The van der Waals surface area contributed by atoms with Gasteiger partial charge in [-0.3, -0.25) is 4.72 Å². The maximum Gasteiger partial charge on any atom is 0.271 e. The van der Waals surface area contributed by atoms with Crippen LogP contribution in [0.2, 0.25) is 9.36 Å². The molecule has 19 heavy (non-hydrogen) atoms. The molecule has 2 aromatic rings. The monoisotopic (exact) mass is 336 g/mol. The summed E-state index contributed by atoms with van der Waals surface area (Å²) in [5, 5.41) is 0.292. The molecule has 4 nitrogen and oxygen atoms in total. The number of nitrogen functional groups attached to an aromatic ring is 1. The summed E-state index contributed by atoms with van der Waals surface area (Å²) in [6, 6.07) is 6.05. The van der Waals surface area contributed by atoms with E-state index in [1.165, 1.54) is 18.2 Å². The molecule has 0 atom stereocenters. The van der Waals surface area contributed by atoms with Crippen LogP contribution in [0, 0.1) is 6.92 Å². The molecule has 1 aromatic heterocycles. The Labute approximate surface area is 125 Å². The fraction of sp³-hybridized carbons (Fsp3) is 0.0909. The van der Waals surface area contributed by atoms with E-state index >= 15 is 0 Å². The molecule has 2 rings (SSSR count). The third kappa shape index (κ3) is 3.14. The molecule has 102 valence electrons. The van der Waals surface area contributed by atoms with Crippen LogP contribution in [0.1, 0.15) is 5.56 Å². The van der Waals surface area contributed by atoms with Crippen LogP contribution >= 0.6 is 34.5 Å². The average Bonchev–Trinajstić information content (AvgIpc) is 2.65. The van der Waals surface area contributed by atoms with Crippen molar-refractivity contribution in [3.8, 4) is 0 Å². The van der Waals surface area contributed by atoms with Crippen molar-refractivity contribution in [1.29, 1.82) is 0 Å². The molecule has 0 spiro atoms. The van der Waals surface area contributed by atoms with Crippen LogP contribution in [0.3, 0.4) is 0 Å². The first-order chi connectivity index (χ1) is 8.79. The van der Waals surface area contributed by atoms with Crippen molar-refractivity contribution < 1.29 is 8.42 Å². The first-order valence-electron chi connectivity index (χ1n) is 5.13. The molecule has 0 fully saturated rings. The maximum absolute atomic E-state index is 12.1. The van der Waals surface area contributed by atoms with E-state index in [-0.39, 0.29) is 4.21 Å². The molecular weight excluding hydrogens is 327 g/mol. The third-order valence-corrected chi connectivity index (χ3v) is 6.09. The van der Waals surface area contributed by atoms with Gasteiger partial charge in [-0.05, 0) is 36.8 Å². The second-order valence-corrected chi connectivity index (χ2v) is 7.83. The molecule has 3 N–H and O–H groups in total. The van der Waals surface area contributed by atoms with Gasteiger partial charge in [0.25, 0.3) is 10.0 Å². The Balaban J connectivity index is 2.33. The average molecular weight is 337 g/mol. The second kappa shape index (κ2) is 5.20. The minimum Gasteiger partial charge on any atom is -0.398 e. The Hall–Kier alpha value is -0.950. The third-order valence-electron chi connectivity index (χ3n) is 2.35. The molecule has 0 aliphatic carbocycles. The van der Waals surface area contributed by atoms with E-state index < -0.39 is 10.0 Å². The van der Waals surface area contributed by atoms with Crippen molar-refractivity contribution in [3.05, 3.63) is 39.2 Å². The maximum atomic E-state index is 12.1. The molecule has 0 radical (unpaired) electrons. The van der Waals surface area contributed by atoms with Gasteiger partial charge < -0.3 is 5.73 Å². The zero-order chi connectivity index (χ0) is 14.2. The Morgan fingerprint density at radius 1 is 1.26 bits per heavy atom. The van der Waals surface area contributed by atoms with Gasteiger partial charge in [0.2, 0.25) is 0 Å². The van der Waals surface area contributed by atoms with Crippen molar-refractivity contribution in [2.24, 2.45) is 0 Å². The number of thiophene rings is 1. The van der Waals surface area contributed by atoms with Crippen LogP contribution < -0.4 is 10.5 Å². The van der Waals surface area contributed by atoms with Crippen LogP contribution in [0.5, 0.6) is 0 Å². The van der Waals surface area contributed by atoms with Gasteiger partial charge in [0.05, 0.1) is 20.7 Å². The summed E-state index contributed by atoms with van der Waals surface area (Å²) in [4.78, 5) is 0. The number of halogens is 2. The highest BCUT2D eigenvalue weighted by Crippen LogP contribution is 2.32. The number of nitrogens with one attached hydrogen (secondary N) is 1. The quantitative estimate of drug-likeness (QED) is 0.838. The number of anilines is 2. The Bertz CT molecular complexity index is 707. The van der Waals surface area contributed by atoms with E-state index in [0.717, 1.165) is 16.9 Å². The van der Waals surface area contributed by atoms with Crippen molar-refractivity contribution in [2.75, 3.05) is 10.5 Å².